The molecule has 0 aliphatic carbocycles. The van der Waals surface area contributed by atoms with Crippen molar-refractivity contribution in [3.8, 4) is 0 Å². The largest absolute Gasteiger partial charge is 0.530 e. The van der Waals surface area contributed by atoms with E-state index < -0.39 is 26.1 Å². The zero-order valence-electron chi connectivity index (χ0n) is 19.6. The van der Waals surface area contributed by atoms with Crippen molar-refractivity contribution in [1.29, 1.82) is 0 Å². The molecule has 174 valence electrons. The van der Waals surface area contributed by atoms with Gasteiger partial charge in [-0.05, 0) is 68.3 Å². The summed E-state index contributed by atoms with van der Waals surface area (Å²) in [5.41, 5.74) is -0.148. The van der Waals surface area contributed by atoms with Crippen molar-refractivity contribution in [2.24, 2.45) is 0 Å². The number of urea groups is 1. The number of carbonyl (C=O) groups is 2. The average molecular weight is 472 g/mol. The van der Waals surface area contributed by atoms with E-state index in [0.717, 1.165) is 0 Å². The number of carbonyl (C=O) groups excluding carboxylic acids is 2. The van der Waals surface area contributed by atoms with E-state index in [2.05, 4.69) is 39.2 Å². The third-order valence-electron chi connectivity index (χ3n) is 5.17. The molecule has 0 spiro atoms. The Morgan fingerprint density at radius 1 is 1.06 bits per heavy atom. The Kier molecular flexibility index (Phi) is 7.68. The van der Waals surface area contributed by atoms with E-state index in [0.29, 0.717) is 10.7 Å². The summed E-state index contributed by atoms with van der Waals surface area (Å²) >= 11 is 5.91. The smallest absolute Gasteiger partial charge is 0.427 e. The number of ether oxygens (including phenoxy) is 1. The van der Waals surface area contributed by atoms with E-state index in [4.69, 9.17) is 25.6 Å². The highest BCUT2D eigenvalue weighted by molar-refractivity contribution is 6.74. The van der Waals surface area contributed by atoms with Gasteiger partial charge in [-0.1, -0.05) is 32.4 Å². The number of amides is 2. The van der Waals surface area contributed by atoms with Crippen molar-refractivity contribution in [3.05, 3.63) is 29.3 Å². The molecular formula is C21H34ClN3O5Si. The minimum absolute atomic E-state index is 0.00282. The molecule has 2 amide bonds. The lowest BCUT2D eigenvalue weighted by atomic mass is 10.2. The highest BCUT2D eigenvalue weighted by Gasteiger charge is 2.44. The van der Waals surface area contributed by atoms with Crippen LogP contribution in [0.4, 0.5) is 15.3 Å². The Morgan fingerprint density at radius 3 is 2.16 bits per heavy atom. The van der Waals surface area contributed by atoms with E-state index in [1.54, 1.807) is 45.0 Å². The fraction of sp³-hybridized carbons (Fsp3) is 0.619. The topological polar surface area (TPSA) is 80.3 Å². The number of hydrazine groups is 1. The number of anilines is 1. The summed E-state index contributed by atoms with van der Waals surface area (Å²) in [6.07, 6.45) is -1.19. The maximum absolute atomic E-state index is 12.9. The maximum atomic E-state index is 12.9. The number of halogens is 1. The summed E-state index contributed by atoms with van der Waals surface area (Å²) < 4.78 is 11.7. The summed E-state index contributed by atoms with van der Waals surface area (Å²) in [6.45, 7) is 16.4. The lowest BCUT2D eigenvalue weighted by Crippen LogP contribution is -2.45. The van der Waals surface area contributed by atoms with Gasteiger partial charge < -0.3 is 19.3 Å². The van der Waals surface area contributed by atoms with Crippen molar-refractivity contribution in [1.82, 2.24) is 10.2 Å². The minimum atomic E-state index is -2.09. The van der Waals surface area contributed by atoms with Crippen molar-refractivity contribution in [3.63, 3.8) is 0 Å². The number of hydroxylamine groups is 1. The average Bonchev–Trinajstić information content (AvgIpc) is 2.95. The molecule has 1 aliphatic rings. The number of hydrogen-bond donors (Lipinski definition) is 1. The molecule has 1 saturated heterocycles. The van der Waals surface area contributed by atoms with E-state index >= 15 is 0 Å². The molecule has 1 aromatic rings. The van der Waals surface area contributed by atoms with E-state index in [-0.39, 0.29) is 24.2 Å². The molecule has 0 bridgehead atoms. The van der Waals surface area contributed by atoms with Crippen molar-refractivity contribution >= 4 is 37.8 Å². The number of rotatable bonds is 4. The van der Waals surface area contributed by atoms with Gasteiger partial charge in [-0.2, -0.15) is 0 Å². The molecule has 0 saturated carbocycles. The first-order chi connectivity index (χ1) is 14.1. The summed E-state index contributed by atoms with van der Waals surface area (Å²) in [7, 11) is -2.09. The predicted molar refractivity (Wildman–Crippen MR) is 123 cm³/mol. The summed E-state index contributed by atoms with van der Waals surface area (Å²) in [4.78, 5) is 30.5. The lowest BCUT2D eigenvalue weighted by Gasteiger charge is -2.38. The molecule has 1 fully saturated rings. The first kappa shape index (κ1) is 25.4. The van der Waals surface area contributed by atoms with Crippen LogP contribution in [-0.2, 0) is 14.0 Å². The number of benzene rings is 1. The van der Waals surface area contributed by atoms with Crippen LogP contribution >= 0.6 is 11.6 Å². The SMILES string of the molecule is CC(C)(C)OC(=O)ON1CC(O[Si](C)(C)C(C)(C)C)CN1C(=O)Nc1ccc(Cl)cc1. The number of nitrogens with one attached hydrogen (secondary N) is 1. The van der Waals surface area contributed by atoms with Crippen molar-refractivity contribution in [2.75, 3.05) is 18.4 Å². The predicted octanol–water partition coefficient (Wildman–Crippen LogP) is 5.66. The van der Waals surface area contributed by atoms with Gasteiger partial charge >= 0.3 is 12.2 Å². The quantitative estimate of drug-likeness (QED) is 0.450. The van der Waals surface area contributed by atoms with Crippen molar-refractivity contribution in [2.45, 2.75) is 71.4 Å². The van der Waals surface area contributed by atoms with E-state index in [1.165, 1.54) is 10.2 Å². The summed E-state index contributed by atoms with van der Waals surface area (Å²) in [5.74, 6) is 0. The van der Waals surface area contributed by atoms with Crippen molar-refractivity contribution < 1.29 is 23.6 Å². The van der Waals surface area contributed by atoms with Crippen LogP contribution in [0.15, 0.2) is 24.3 Å². The molecule has 1 heterocycles. The van der Waals surface area contributed by atoms with E-state index in [1.807, 2.05) is 0 Å². The second-order valence-electron chi connectivity index (χ2n) is 10.1. The van der Waals surface area contributed by atoms with Gasteiger partial charge in [-0.25, -0.2) is 14.6 Å². The van der Waals surface area contributed by atoms with Gasteiger partial charge in [-0.15, -0.1) is 0 Å². The molecule has 0 aromatic heterocycles. The first-order valence-electron chi connectivity index (χ1n) is 10.3. The van der Waals surface area contributed by atoms with Gasteiger partial charge in [0.15, 0.2) is 8.32 Å². The van der Waals surface area contributed by atoms with Gasteiger partial charge in [0, 0.05) is 10.7 Å². The van der Waals surface area contributed by atoms with Crippen LogP contribution < -0.4 is 5.32 Å². The molecular weight excluding hydrogens is 438 g/mol. The zero-order valence-corrected chi connectivity index (χ0v) is 21.4. The number of hydrogen-bond acceptors (Lipinski definition) is 6. The molecule has 1 N–H and O–H groups in total. The first-order valence-corrected chi connectivity index (χ1v) is 13.6. The molecule has 1 aliphatic heterocycles. The Hall–Kier alpha value is -1.81. The third-order valence-corrected chi connectivity index (χ3v) is 9.96. The van der Waals surface area contributed by atoms with Gasteiger partial charge in [-0.3, -0.25) is 0 Å². The van der Waals surface area contributed by atoms with Gasteiger partial charge in [0.05, 0.1) is 19.2 Å². The molecule has 2 rings (SSSR count). The molecule has 8 nitrogen and oxygen atoms in total. The lowest BCUT2D eigenvalue weighted by molar-refractivity contribution is -0.213. The normalized spacial score (nSPS) is 18.1. The fourth-order valence-corrected chi connectivity index (χ4v) is 4.09. The van der Waals surface area contributed by atoms with Crippen LogP contribution in [0, 0.1) is 0 Å². The highest BCUT2D eigenvalue weighted by Crippen LogP contribution is 2.38. The van der Waals surface area contributed by atoms with Gasteiger partial charge in [0.25, 0.3) is 0 Å². The van der Waals surface area contributed by atoms with Crippen LogP contribution in [0.3, 0.4) is 0 Å². The standard InChI is InChI=1S/C21H34ClN3O5Si/c1-20(2,3)28-19(27)29-25-14-17(30-31(7,8)21(4,5)6)13-24(25)18(26)23-16-11-9-15(22)10-12-16/h9-12,17H,13-14H2,1-8H3,(H,23,26). The molecule has 1 unspecified atom stereocenters. The zero-order chi connectivity index (χ0) is 23.6. The molecule has 0 radical (unpaired) electrons. The second kappa shape index (κ2) is 9.36. The molecule has 10 heteroatoms. The Balaban J connectivity index is 2.16. The molecule has 31 heavy (non-hydrogen) atoms. The monoisotopic (exact) mass is 471 g/mol. The van der Waals surface area contributed by atoms with Crippen LogP contribution in [0.2, 0.25) is 23.2 Å². The Morgan fingerprint density at radius 2 is 1.65 bits per heavy atom. The van der Waals surface area contributed by atoms with Crippen LogP contribution in [0.1, 0.15) is 41.5 Å². The summed E-state index contributed by atoms with van der Waals surface area (Å²) in [5, 5.41) is 5.88. The maximum Gasteiger partial charge on any atom is 0.530 e. The highest BCUT2D eigenvalue weighted by atomic mass is 35.5. The fourth-order valence-electron chi connectivity index (χ4n) is 2.63. The van der Waals surface area contributed by atoms with Crippen LogP contribution in [0.25, 0.3) is 0 Å². The third kappa shape index (κ3) is 7.38. The molecule has 1 aromatic carbocycles. The van der Waals surface area contributed by atoms with Gasteiger partial charge in [0.1, 0.15) is 5.60 Å². The Bertz CT molecular complexity index is 790. The number of nitrogens with zero attached hydrogens (tertiary/aromatic N) is 2. The van der Waals surface area contributed by atoms with Gasteiger partial charge in [0.2, 0.25) is 0 Å². The summed E-state index contributed by atoms with van der Waals surface area (Å²) in [6, 6.07) is 6.30. The molecule has 1 atom stereocenters. The van der Waals surface area contributed by atoms with Crippen LogP contribution in [0.5, 0.6) is 0 Å². The second-order valence-corrected chi connectivity index (χ2v) is 15.3. The van der Waals surface area contributed by atoms with E-state index in [9.17, 15) is 9.59 Å². The minimum Gasteiger partial charge on any atom is -0.427 e. The van der Waals surface area contributed by atoms with Crippen LogP contribution in [-0.4, -0.2) is 55.5 Å². The Labute approximate surface area is 190 Å².